The molecule has 1 aromatic carbocycles. The topological polar surface area (TPSA) is 66.4 Å². The van der Waals surface area contributed by atoms with E-state index in [4.69, 9.17) is 0 Å². The number of nitrogens with one attached hydrogen (secondary N) is 1. The lowest BCUT2D eigenvalue weighted by molar-refractivity contribution is 0.0908. The number of benzene rings is 1. The van der Waals surface area contributed by atoms with Gasteiger partial charge in [0.1, 0.15) is 0 Å². The van der Waals surface area contributed by atoms with Crippen LogP contribution in [0.1, 0.15) is 18.1 Å². The Kier molecular flexibility index (Phi) is 5.43. The molecule has 0 amide bonds. The van der Waals surface area contributed by atoms with Crippen molar-refractivity contribution in [2.24, 2.45) is 0 Å². The van der Waals surface area contributed by atoms with Crippen molar-refractivity contribution >= 4 is 21.8 Å². The van der Waals surface area contributed by atoms with Gasteiger partial charge in [0.2, 0.25) is 10.0 Å². The van der Waals surface area contributed by atoms with Crippen LogP contribution in [-0.4, -0.2) is 37.7 Å². The summed E-state index contributed by atoms with van der Waals surface area (Å²) < 4.78 is 26.9. The number of aryl methyl sites for hydroxylation is 2. The van der Waals surface area contributed by atoms with Gasteiger partial charge in [-0.05, 0) is 44.2 Å². The molecular weight excluding hydrogens is 282 g/mol. The summed E-state index contributed by atoms with van der Waals surface area (Å²) in [6, 6.07) is 5.29. The van der Waals surface area contributed by atoms with Crippen molar-refractivity contribution in [3.05, 3.63) is 29.3 Å². The SMILES string of the molecule is CSCC(C)(O)CNS(=O)(=O)c1cc(C)ccc1C. The number of hydrogen-bond acceptors (Lipinski definition) is 4. The van der Waals surface area contributed by atoms with Crippen molar-refractivity contribution in [3.8, 4) is 0 Å². The molecule has 0 aliphatic rings. The standard InChI is InChI=1S/C13H21NO3S2/c1-10-5-6-11(2)12(7-10)19(16,17)14-8-13(3,15)9-18-4/h5-7,14-15H,8-9H2,1-4H3. The van der Waals surface area contributed by atoms with Crippen molar-refractivity contribution < 1.29 is 13.5 Å². The van der Waals surface area contributed by atoms with E-state index in [1.165, 1.54) is 11.8 Å². The van der Waals surface area contributed by atoms with Crippen LogP contribution in [0.15, 0.2) is 23.1 Å². The molecule has 0 fully saturated rings. The fourth-order valence-corrected chi connectivity index (χ4v) is 3.90. The van der Waals surface area contributed by atoms with Gasteiger partial charge in [0.05, 0.1) is 10.5 Å². The van der Waals surface area contributed by atoms with Gasteiger partial charge in [0.15, 0.2) is 0 Å². The van der Waals surface area contributed by atoms with Gasteiger partial charge >= 0.3 is 0 Å². The average Bonchev–Trinajstić information content (AvgIpc) is 2.30. The van der Waals surface area contributed by atoms with Crippen molar-refractivity contribution in [1.82, 2.24) is 4.72 Å². The molecule has 1 aromatic rings. The van der Waals surface area contributed by atoms with Gasteiger partial charge in [-0.25, -0.2) is 13.1 Å². The van der Waals surface area contributed by atoms with E-state index in [0.717, 1.165) is 5.56 Å². The third-order valence-electron chi connectivity index (χ3n) is 2.73. The third kappa shape index (κ3) is 4.80. The number of thioether (sulfide) groups is 1. The Morgan fingerprint density at radius 2 is 2.00 bits per heavy atom. The first-order valence-electron chi connectivity index (χ1n) is 5.96. The summed E-state index contributed by atoms with van der Waals surface area (Å²) in [6.07, 6.45) is 1.87. The zero-order chi connectivity index (χ0) is 14.7. The van der Waals surface area contributed by atoms with Gasteiger partial charge < -0.3 is 5.11 Å². The largest absolute Gasteiger partial charge is 0.388 e. The summed E-state index contributed by atoms with van der Waals surface area (Å²) in [6.45, 7) is 5.23. The summed E-state index contributed by atoms with van der Waals surface area (Å²) >= 11 is 1.48. The lowest BCUT2D eigenvalue weighted by Crippen LogP contribution is -2.42. The fraction of sp³-hybridized carbons (Fsp3) is 0.538. The minimum atomic E-state index is -3.58. The molecule has 0 aliphatic heterocycles. The molecule has 19 heavy (non-hydrogen) atoms. The Balaban J connectivity index is 2.90. The van der Waals surface area contributed by atoms with Crippen LogP contribution in [0.5, 0.6) is 0 Å². The quantitative estimate of drug-likeness (QED) is 0.839. The van der Waals surface area contributed by atoms with E-state index in [2.05, 4.69) is 4.72 Å². The van der Waals surface area contributed by atoms with E-state index < -0.39 is 15.6 Å². The van der Waals surface area contributed by atoms with E-state index >= 15 is 0 Å². The van der Waals surface area contributed by atoms with Crippen molar-refractivity contribution in [2.75, 3.05) is 18.6 Å². The maximum absolute atomic E-state index is 12.2. The summed E-state index contributed by atoms with van der Waals surface area (Å²) in [5, 5.41) is 10.0. The number of sulfonamides is 1. The van der Waals surface area contributed by atoms with Gasteiger partial charge in [-0.2, -0.15) is 11.8 Å². The number of aliphatic hydroxyl groups is 1. The minimum Gasteiger partial charge on any atom is -0.388 e. The summed E-state index contributed by atoms with van der Waals surface area (Å²) in [7, 11) is -3.58. The molecule has 6 heteroatoms. The van der Waals surface area contributed by atoms with Gasteiger partial charge in [0, 0.05) is 12.3 Å². The Morgan fingerprint density at radius 3 is 2.58 bits per heavy atom. The highest BCUT2D eigenvalue weighted by molar-refractivity contribution is 7.98. The second kappa shape index (κ2) is 6.26. The first kappa shape index (κ1) is 16.5. The molecular formula is C13H21NO3S2. The zero-order valence-electron chi connectivity index (χ0n) is 11.7. The predicted molar refractivity (Wildman–Crippen MR) is 80.1 cm³/mol. The van der Waals surface area contributed by atoms with Crippen LogP contribution < -0.4 is 4.72 Å². The predicted octanol–water partition coefficient (Wildman–Crippen LogP) is 1.70. The van der Waals surface area contributed by atoms with E-state index in [9.17, 15) is 13.5 Å². The van der Waals surface area contributed by atoms with Crippen LogP contribution in [0.4, 0.5) is 0 Å². The van der Waals surface area contributed by atoms with Crippen LogP contribution in [0.2, 0.25) is 0 Å². The van der Waals surface area contributed by atoms with Crippen molar-refractivity contribution in [1.29, 1.82) is 0 Å². The molecule has 1 rings (SSSR count). The summed E-state index contributed by atoms with van der Waals surface area (Å²) in [5.74, 6) is 0.475. The monoisotopic (exact) mass is 303 g/mol. The second-order valence-corrected chi connectivity index (χ2v) is 7.62. The highest BCUT2D eigenvalue weighted by Crippen LogP contribution is 2.17. The fourth-order valence-electron chi connectivity index (χ4n) is 1.69. The van der Waals surface area contributed by atoms with Gasteiger partial charge in [0.25, 0.3) is 0 Å². The minimum absolute atomic E-state index is 0.00353. The molecule has 0 bridgehead atoms. The number of rotatable bonds is 6. The molecule has 4 nitrogen and oxygen atoms in total. The summed E-state index contributed by atoms with van der Waals surface area (Å²) in [4.78, 5) is 0.271. The van der Waals surface area contributed by atoms with E-state index in [-0.39, 0.29) is 11.4 Å². The first-order chi connectivity index (χ1) is 8.68. The van der Waals surface area contributed by atoms with Crippen LogP contribution in [0, 0.1) is 13.8 Å². The van der Waals surface area contributed by atoms with Crippen molar-refractivity contribution in [3.63, 3.8) is 0 Å². The average molecular weight is 303 g/mol. The zero-order valence-corrected chi connectivity index (χ0v) is 13.4. The molecule has 1 unspecified atom stereocenters. The molecule has 2 N–H and O–H groups in total. The maximum atomic E-state index is 12.2. The first-order valence-corrected chi connectivity index (χ1v) is 8.84. The Hall–Kier alpha value is -0.560. The normalized spacial score (nSPS) is 15.2. The van der Waals surface area contributed by atoms with E-state index in [0.29, 0.717) is 11.3 Å². The molecule has 1 atom stereocenters. The molecule has 108 valence electrons. The van der Waals surface area contributed by atoms with Gasteiger partial charge in [-0.3, -0.25) is 0 Å². The van der Waals surface area contributed by atoms with E-state index in [1.54, 1.807) is 26.0 Å². The summed E-state index contributed by atoms with van der Waals surface area (Å²) in [5.41, 5.74) is 0.536. The molecule has 0 saturated carbocycles. The van der Waals surface area contributed by atoms with Gasteiger partial charge in [-0.15, -0.1) is 0 Å². The molecule has 0 aromatic heterocycles. The lowest BCUT2D eigenvalue weighted by atomic mass is 10.1. The Morgan fingerprint density at radius 1 is 1.37 bits per heavy atom. The van der Waals surface area contributed by atoms with Crippen LogP contribution in [-0.2, 0) is 10.0 Å². The molecule has 0 spiro atoms. The molecule has 0 saturated heterocycles. The smallest absolute Gasteiger partial charge is 0.240 e. The van der Waals surface area contributed by atoms with E-state index in [1.807, 2.05) is 19.2 Å². The molecule has 0 radical (unpaired) electrons. The van der Waals surface area contributed by atoms with Crippen LogP contribution in [0.25, 0.3) is 0 Å². The lowest BCUT2D eigenvalue weighted by Gasteiger charge is -2.22. The maximum Gasteiger partial charge on any atom is 0.240 e. The van der Waals surface area contributed by atoms with Gasteiger partial charge in [-0.1, -0.05) is 12.1 Å². The van der Waals surface area contributed by atoms with Crippen LogP contribution >= 0.6 is 11.8 Å². The highest BCUT2D eigenvalue weighted by atomic mass is 32.2. The Bertz CT molecular complexity index is 539. The molecule has 0 heterocycles. The highest BCUT2D eigenvalue weighted by Gasteiger charge is 2.24. The molecule has 0 aliphatic carbocycles. The van der Waals surface area contributed by atoms with Crippen molar-refractivity contribution in [2.45, 2.75) is 31.3 Å². The third-order valence-corrected chi connectivity index (χ3v) is 5.19. The van der Waals surface area contributed by atoms with Crippen LogP contribution in [0.3, 0.4) is 0 Å². The second-order valence-electron chi connectivity index (χ2n) is 5.02. The number of hydrogen-bond donors (Lipinski definition) is 2. The Labute approximate surface area is 119 Å².